The molecule has 3 aromatic carbocycles. The summed E-state index contributed by atoms with van der Waals surface area (Å²) >= 11 is 3.36. The molecule has 182 valence electrons. The van der Waals surface area contributed by atoms with E-state index in [-0.39, 0.29) is 41.6 Å². The van der Waals surface area contributed by atoms with E-state index in [1.807, 2.05) is 25.1 Å². The van der Waals surface area contributed by atoms with Gasteiger partial charge in [0, 0.05) is 6.54 Å². The van der Waals surface area contributed by atoms with Crippen LogP contribution in [-0.4, -0.2) is 29.8 Å². The van der Waals surface area contributed by atoms with Crippen molar-refractivity contribution < 1.29 is 28.5 Å². The smallest absolute Gasteiger partial charge is 0.291 e. The van der Waals surface area contributed by atoms with Crippen LogP contribution in [0.15, 0.2) is 62.2 Å². The third-order valence-electron chi connectivity index (χ3n) is 6.50. The van der Waals surface area contributed by atoms with E-state index >= 15 is 0 Å². The minimum atomic E-state index is -0.773. The lowest BCUT2D eigenvalue weighted by molar-refractivity contribution is 0.0714. The van der Waals surface area contributed by atoms with Crippen LogP contribution in [0.2, 0.25) is 0 Å². The molecule has 0 saturated carbocycles. The number of methoxy groups -OCH3 is 1. The molecule has 4 aromatic rings. The van der Waals surface area contributed by atoms with Crippen LogP contribution in [0.4, 0.5) is 0 Å². The van der Waals surface area contributed by atoms with Gasteiger partial charge in [0.2, 0.25) is 12.6 Å². The predicted molar refractivity (Wildman–Crippen MR) is 134 cm³/mol. The number of benzene rings is 3. The summed E-state index contributed by atoms with van der Waals surface area (Å²) in [5, 5.41) is 10.8. The number of phenolic OH excluding ortho intramolecular Hbond substituents is 1. The third kappa shape index (κ3) is 3.42. The Morgan fingerprint density at radius 1 is 1.08 bits per heavy atom. The van der Waals surface area contributed by atoms with E-state index in [9.17, 15) is 14.7 Å². The summed E-state index contributed by atoms with van der Waals surface area (Å²) in [7, 11) is 1.44. The number of hydrogen-bond acceptors (Lipinski definition) is 7. The molecule has 1 amide bonds. The first-order chi connectivity index (χ1) is 17.4. The summed E-state index contributed by atoms with van der Waals surface area (Å²) in [5.41, 5.74) is 2.61. The van der Waals surface area contributed by atoms with Gasteiger partial charge in [-0.3, -0.25) is 9.59 Å². The first-order valence-electron chi connectivity index (χ1n) is 11.2. The second-order valence-electron chi connectivity index (χ2n) is 8.75. The van der Waals surface area contributed by atoms with Crippen LogP contribution in [0, 0.1) is 6.92 Å². The zero-order chi connectivity index (χ0) is 25.1. The average molecular weight is 550 g/mol. The summed E-state index contributed by atoms with van der Waals surface area (Å²) in [6.07, 6.45) is 0. The quantitative estimate of drug-likeness (QED) is 0.380. The minimum Gasteiger partial charge on any atom is -0.503 e. The molecule has 0 aliphatic carbocycles. The minimum absolute atomic E-state index is 0.00487. The van der Waals surface area contributed by atoms with Crippen molar-refractivity contribution in [3.05, 3.63) is 91.2 Å². The number of rotatable bonds is 4. The van der Waals surface area contributed by atoms with Crippen LogP contribution < -0.4 is 19.6 Å². The number of phenols is 1. The summed E-state index contributed by atoms with van der Waals surface area (Å²) in [6.45, 7) is 2.21. The third-order valence-corrected chi connectivity index (χ3v) is 7.10. The number of carbonyl (C=O) groups is 1. The molecule has 36 heavy (non-hydrogen) atoms. The fraction of sp³-hybridized carbons (Fsp3) is 0.185. The van der Waals surface area contributed by atoms with E-state index in [1.54, 1.807) is 35.2 Å². The van der Waals surface area contributed by atoms with Crippen LogP contribution in [0.1, 0.15) is 38.9 Å². The highest BCUT2D eigenvalue weighted by molar-refractivity contribution is 9.10. The Kier molecular flexibility index (Phi) is 5.19. The van der Waals surface area contributed by atoms with Crippen LogP contribution in [0.5, 0.6) is 23.0 Å². The lowest BCUT2D eigenvalue weighted by Crippen LogP contribution is -2.29. The average Bonchev–Trinajstić information content (AvgIpc) is 3.44. The predicted octanol–water partition coefficient (Wildman–Crippen LogP) is 5.05. The first kappa shape index (κ1) is 22.5. The maximum atomic E-state index is 13.8. The number of aromatic hydroxyl groups is 1. The van der Waals surface area contributed by atoms with Gasteiger partial charge < -0.3 is 28.6 Å². The van der Waals surface area contributed by atoms with Gasteiger partial charge >= 0.3 is 0 Å². The number of ether oxygens (including phenoxy) is 3. The van der Waals surface area contributed by atoms with Gasteiger partial charge in [0.15, 0.2) is 28.4 Å². The van der Waals surface area contributed by atoms with E-state index in [2.05, 4.69) is 15.9 Å². The largest absolute Gasteiger partial charge is 0.503 e. The van der Waals surface area contributed by atoms with E-state index in [1.165, 1.54) is 7.11 Å². The van der Waals surface area contributed by atoms with E-state index in [0.717, 1.165) is 11.1 Å². The number of carbonyl (C=O) groups excluding carboxylic acids is 1. The number of nitrogens with zero attached hydrogens (tertiary/aromatic N) is 1. The van der Waals surface area contributed by atoms with Crippen molar-refractivity contribution >= 4 is 32.8 Å². The van der Waals surface area contributed by atoms with Crippen molar-refractivity contribution in [2.24, 2.45) is 0 Å². The second kappa shape index (κ2) is 8.30. The fourth-order valence-electron chi connectivity index (χ4n) is 4.79. The highest BCUT2D eigenvalue weighted by Crippen LogP contribution is 2.44. The van der Waals surface area contributed by atoms with Crippen LogP contribution >= 0.6 is 15.9 Å². The molecule has 2 aliphatic rings. The first-order valence-corrected chi connectivity index (χ1v) is 12.0. The molecule has 3 heterocycles. The van der Waals surface area contributed by atoms with Gasteiger partial charge in [-0.2, -0.15) is 0 Å². The molecule has 0 radical (unpaired) electrons. The molecule has 9 heteroatoms. The molecule has 8 nitrogen and oxygen atoms in total. The second-order valence-corrected chi connectivity index (χ2v) is 9.60. The Hall–Kier alpha value is -3.98. The molecule has 1 N–H and O–H groups in total. The Morgan fingerprint density at radius 3 is 2.69 bits per heavy atom. The van der Waals surface area contributed by atoms with Crippen LogP contribution in [-0.2, 0) is 6.54 Å². The molecular weight excluding hydrogens is 530 g/mol. The Labute approximate surface area is 213 Å². The summed E-state index contributed by atoms with van der Waals surface area (Å²) in [6, 6.07) is 13.3. The van der Waals surface area contributed by atoms with Crippen molar-refractivity contribution in [1.29, 1.82) is 0 Å². The van der Waals surface area contributed by atoms with E-state index < -0.39 is 11.9 Å². The lowest BCUT2D eigenvalue weighted by Gasteiger charge is -2.26. The number of fused-ring (bicyclic) bond motifs is 3. The van der Waals surface area contributed by atoms with Gasteiger partial charge in [-0.25, -0.2) is 0 Å². The molecule has 0 fully saturated rings. The Morgan fingerprint density at radius 2 is 1.89 bits per heavy atom. The topological polar surface area (TPSA) is 98.4 Å². The van der Waals surface area contributed by atoms with Gasteiger partial charge in [-0.05, 0) is 70.4 Å². The van der Waals surface area contributed by atoms with Gasteiger partial charge in [-0.1, -0.05) is 17.7 Å². The molecular formula is C27H20BrNO7. The molecule has 1 unspecified atom stereocenters. The number of aryl methyl sites for hydroxylation is 1. The zero-order valence-corrected chi connectivity index (χ0v) is 20.9. The Balaban J connectivity index is 1.56. The van der Waals surface area contributed by atoms with Gasteiger partial charge in [0.1, 0.15) is 5.58 Å². The molecule has 0 spiro atoms. The molecule has 0 bridgehead atoms. The molecule has 1 aromatic heterocycles. The monoisotopic (exact) mass is 549 g/mol. The maximum absolute atomic E-state index is 13.8. The fourth-order valence-corrected chi connectivity index (χ4v) is 5.25. The van der Waals surface area contributed by atoms with Crippen LogP contribution in [0.3, 0.4) is 0 Å². The molecule has 0 saturated heterocycles. The summed E-state index contributed by atoms with van der Waals surface area (Å²) in [4.78, 5) is 29.1. The SMILES string of the molecule is COc1cc(C2c3c(oc4ccc(C)cc4c3=O)C(=O)N2Cc2ccc3c(c2)OCO3)cc(Br)c1O. The molecule has 2 aliphatic heterocycles. The maximum Gasteiger partial charge on any atom is 0.291 e. The van der Waals surface area contributed by atoms with Crippen molar-refractivity contribution in [2.75, 3.05) is 13.9 Å². The summed E-state index contributed by atoms with van der Waals surface area (Å²) < 4.78 is 22.7. The number of amides is 1. The summed E-state index contributed by atoms with van der Waals surface area (Å²) in [5.74, 6) is 0.967. The molecule has 6 rings (SSSR count). The highest BCUT2D eigenvalue weighted by Gasteiger charge is 2.43. The zero-order valence-electron chi connectivity index (χ0n) is 19.3. The van der Waals surface area contributed by atoms with Gasteiger partial charge in [-0.15, -0.1) is 0 Å². The van der Waals surface area contributed by atoms with E-state index in [0.29, 0.717) is 32.5 Å². The lowest BCUT2D eigenvalue weighted by atomic mass is 9.97. The van der Waals surface area contributed by atoms with Crippen LogP contribution in [0.25, 0.3) is 11.0 Å². The van der Waals surface area contributed by atoms with Gasteiger partial charge in [0.25, 0.3) is 5.91 Å². The normalized spacial score (nSPS) is 16.0. The van der Waals surface area contributed by atoms with E-state index in [4.69, 9.17) is 18.6 Å². The standard InChI is InChI=1S/C27H20BrNO7/c1-13-3-5-18-16(7-13)24(30)22-23(15-9-17(28)25(31)21(10-15)33-2)29(27(32)26(22)36-18)11-14-4-6-19-20(8-14)35-12-34-19/h3-10,23,31H,11-12H2,1-2H3. The number of hydrogen-bond donors (Lipinski definition) is 1. The number of halogens is 1. The molecule has 1 atom stereocenters. The van der Waals surface area contributed by atoms with Crippen molar-refractivity contribution in [3.8, 4) is 23.0 Å². The van der Waals surface area contributed by atoms with Gasteiger partial charge in [0.05, 0.1) is 28.6 Å². The van der Waals surface area contributed by atoms with Crippen molar-refractivity contribution in [3.63, 3.8) is 0 Å². The van der Waals surface area contributed by atoms with Crippen molar-refractivity contribution in [1.82, 2.24) is 4.90 Å². The highest BCUT2D eigenvalue weighted by atomic mass is 79.9. The Bertz CT molecular complexity index is 1630. The van der Waals surface area contributed by atoms with Crippen molar-refractivity contribution in [2.45, 2.75) is 19.5 Å².